The number of hydrogen-bond donors (Lipinski definition) is 0. The summed E-state index contributed by atoms with van der Waals surface area (Å²) in [5.74, 6) is 0.666. The summed E-state index contributed by atoms with van der Waals surface area (Å²) in [5, 5.41) is 10.8. The standard InChI is InChI=1S/C48H28N4/c1-2-12-29(13-3-1)30-22-24-31(25-23-30)45-35-17-6-9-19-40(35)49-48(50-45)52-43-27-33-15-5-4-14-32(33)26-37(43)39-28-38-34-16-7-10-20-41(34)51-42-21-11-8-18-36(42)44(46(38)51)47(39)52/h1-28H. The van der Waals surface area contributed by atoms with Crippen LogP contribution in [0.1, 0.15) is 0 Å². The maximum absolute atomic E-state index is 5.51. The van der Waals surface area contributed by atoms with Gasteiger partial charge in [0, 0.05) is 43.3 Å². The molecule has 0 aliphatic heterocycles. The van der Waals surface area contributed by atoms with Gasteiger partial charge in [0.05, 0.1) is 38.8 Å². The molecular weight excluding hydrogens is 633 g/mol. The zero-order chi connectivity index (χ0) is 33.9. The predicted molar refractivity (Wildman–Crippen MR) is 217 cm³/mol. The fraction of sp³-hybridized carbons (Fsp3) is 0. The van der Waals surface area contributed by atoms with E-state index in [1.807, 2.05) is 0 Å². The van der Waals surface area contributed by atoms with Crippen LogP contribution in [-0.4, -0.2) is 18.9 Å². The summed E-state index contributed by atoms with van der Waals surface area (Å²) in [5.41, 5.74) is 11.2. The molecule has 12 rings (SSSR count). The van der Waals surface area contributed by atoms with Crippen LogP contribution < -0.4 is 0 Å². The van der Waals surface area contributed by atoms with Crippen LogP contribution in [0.15, 0.2) is 170 Å². The monoisotopic (exact) mass is 660 g/mol. The Kier molecular flexibility index (Phi) is 5.47. The summed E-state index contributed by atoms with van der Waals surface area (Å²) in [7, 11) is 0. The molecule has 0 fully saturated rings. The fourth-order valence-electron chi connectivity index (χ4n) is 8.73. The molecule has 0 spiro atoms. The summed E-state index contributed by atoms with van der Waals surface area (Å²) in [4.78, 5) is 10.9. The zero-order valence-electron chi connectivity index (χ0n) is 28.0. The molecule has 4 heterocycles. The van der Waals surface area contributed by atoms with Gasteiger partial charge in [-0.2, -0.15) is 0 Å². The predicted octanol–water partition coefficient (Wildman–Crippen LogP) is 12.4. The van der Waals surface area contributed by atoms with Gasteiger partial charge in [-0.15, -0.1) is 0 Å². The summed E-state index contributed by atoms with van der Waals surface area (Å²) >= 11 is 0. The van der Waals surface area contributed by atoms with Crippen molar-refractivity contribution >= 4 is 81.6 Å². The Morgan fingerprint density at radius 3 is 1.77 bits per heavy atom. The highest BCUT2D eigenvalue weighted by molar-refractivity contribution is 6.34. The van der Waals surface area contributed by atoms with E-state index in [0.29, 0.717) is 5.95 Å². The van der Waals surface area contributed by atoms with Crippen molar-refractivity contribution in [2.45, 2.75) is 0 Å². The van der Waals surface area contributed by atoms with Crippen LogP contribution in [0.5, 0.6) is 0 Å². The molecule has 4 heteroatoms. The average molecular weight is 661 g/mol. The minimum Gasteiger partial charge on any atom is -0.308 e. The van der Waals surface area contributed by atoms with E-state index < -0.39 is 0 Å². The van der Waals surface area contributed by atoms with Gasteiger partial charge in [0.2, 0.25) is 5.95 Å². The van der Waals surface area contributed by atoms with E-state index in [0.717, 1.165) is 33.2 Å². The lowest BCUT2D eigenvalue weighted by Gasteiger charge is -2.13. The highest BCUT2D eigenvalue weighted by Crippen LogP contribution is 2.47. The topological polar surface area (TPSA) is 35.1 Å². The molecular formula is C48H28N4. The van der Waals surface area contributed by atoms with Gasteiger partial charge in [-0.3, -0.25) is 4.57 Å². The maximum atomic E-state index is 5.51. The second-order valence-corrected chi connectivity index (χ2v) is 13.8. The molecule has 0 aliphatic carbocycles. The SMILES string of the molecule is c1ccc(-c2ccc(-c3nc(-n4c5cc6ccccc6cc5c5cc6c7ccccc7n7c8ccccc8c(c54)c67)nc4ccccc34)cc2)cc1. The number of benzene rings is 8. The van der Waals surface area contributed by atoms with E-state index in [-0.39, 0.29) is 0 Å². The van der Waals surface area contributed by atoms with Gasteiger partial charge in [-0.25, -0.2) is 9.97 Å². The lowest BCUT2D eigenvalue weighted by atomic mass is 10.0. The highest BCUT2D eigenvalue weighted by Gasteiger charge is 2.26. The van der Waals surface area contributed by atoms with Crippen LogP contribution in [0.3, 0.4) is 0 Å². The largest absolute Gasteiger partial charge is 0.308 e. The number of aromatic nitrogens is 4. The highest BCUT2D eigenvalue weighted by atomic mass is 15.2. The minimum absolute atomic E-state index is 0.666. The minimum atomic E-state index is 0.666. The second-order valence-electron chi connectivity index (χ2n) is 13.8. The molecule has 12 aromatic rings. The molecule has 0 radical (unpaired) electrons. The van der Waals surface area contributed by atoms with Gasteiger partial charge in [0.25, 0.3) is 0 Å². The first kappa shape index (κ1) is 27.7. The van der Waals surface area contributed by atoms with Gasteiger partial charge in [0.1, 0.15) is 0 Å². The smallest absolute Gasteiger partial charge is 0.235 e. The van der Waals surface area contributed by atoms with E-state index >= 15 is 0 Å². The van der Waals surface area contributed by atoms with Gasteiger partial charge < -0.3 is 4.40 Å². The first-order valence-electron chi connectivity index (χ1n) is 17.8. The molecule has 4 aromatic heterocycles. The number of hydrogen-bond acceptors (Lipinski definition) is 2. The first-order chi connectivity index (χ1) is 25.8. The van der Waals surface area contributed by atoms with Crippen molar-refractivity contribution in [3.05, 3.63) is 170 Å². The fourth-order valence-corrected chi connectivity index (χ4v) is 8.73. The molecule has 0 amide bonds. The lowest BCUT2D eigenvalue weighted by Crippen LogP contribution is -2.03. The first-order valence-corrected chi connectivity index (χ1v) is 17.8. The Hall–Kier alpha value is -7.04. The molecule has 0 unspecified atom stereocenters. The number of nitrogens with zero attached hydrogens (tertiary/aromatic N) is 4. The molecule has 8 aromatic carbocycles. The van der Waals surface area contributed by atoms with Crippen molar-refractivity contribution in [2.75, 3.05) is 0 Å². The van der Waals surface area contributed by atoms with Crippen LogP contribution in [0.25, 0.3) is 110 Å². The zero-order valence-corrected chi connectivity index (χ0v) is 28.0. The van der Waals surface area contributed by atoms with E-state index in [1.165, 1.54) is 70.8 Å². The van der Waals surface area contributed by atoms with Gasteiger partial charge in [-0.05, 0) is 58.3 Å². The Bertz CT molecular complexity index is 3390. The Balaban J connectivity index is 1.25. The van der Waals surface area contributed by atoms with Gasteiger partial charge in [-0.1, -0.05) is 133 Å². The number of fused-ring (bicyclic) bond motifs is 12. The Morgan fingerprint density at radius 1 is 0.365 bits per heavy atom. The number of rotatable bonds is 3. The lowest BCUT2D eigenvalue weighted by molar-refractivity contribution is 1.02. The van der Waals surface area contributed by atoms with Crippen LogP contribution in [0.4, 0.5) is 0 Å². The quantitative estimate of drug-likeness (QED) is 0.189. The molecule has 0 atom stereocenters. The molecule has 52 heavy (non-hydrogen) atoms. The van der Waals surface area contributed by atoms with Crippen LogP contribution >= 0.6 is 0 Å². The third-order valence-electron chi connectivity index (χ3n) is 11.0. The van der Waals surface area contributed by atoms with Crippen molar-refractivity contribution in [3.63, 3.8) is 0 Å². The van der Waals surface area contributed by atoms with Crippen molar-refractivity contribution < 1.29 is 0 Å². The summed E-state index contributed by atoms with van der Waals surface area (Å²) in [6.07, 6.45) is 0. The molecule has 0 N–H and O–H groups in total. The molecule has 0 aliphatic rings. The van der Waals surface area contributed by atoms with Crippen LogP contribution in [-0.2, 0) is 0 Å². The van der Waals surface area contributed by atoms with Gasteiger partial charge >= 0.3 is 0 Å². The van der Waals surface area contributed by atoms with Crippen molar-refractivity contribution in [2.24, 2.45) is 0 Å². The second kappa shape index (κ2) is 10.3. The summed E-state index contributed by atoms with van der Waals surface area (Å²) < 4.78 is 4.79. The number of para-hydroxylation sites is 3. The van der Waals surface area contributed by atoms with Gasteiger partial charge in [0.15, 0.2) is 0 Å². The van der Waals surface area contributed by atoms with Crippen molar-refractivity contribution in [3.8, 4) is 28.3 Å². The molecule has 4 nitrogen and oxygen atoms in total. The van der Waals surface area contributed by atoms with Crippen LogP contribution in [0.2, 0.25) is 0 Å². The molecule has 0 bridgehead atoms. The van der Waals surface area contributed by atoms with Crippen molar-refractivity contribution in [1.29, 1.82) is 0 Å². The van der Waals surface area contributed by atoms with E-state index in [1.54, 1.807) is 0 Å². The van der Waals surface area contributed by atoms with Crippen molar-refractivity contribution in [1.82, 2.24) is 18.9 Å². The summed E-state index contributed by atoms with van der Waals surface area (Å²) in [6.45, 7) is 0. The third kappa shape index (κ3) is 3.70. The molecule has 240 valence electrons. The third-order valence-corrected chi connectivity index (χ3v) is 11.0. The van der Waals surface area contributed by atoms with Crippen LogP contribution in [0, 0.1) is 0 Å². The normalized spacial score (nSPS) is 12.2. The molecule has 0 saturated carbocycles. The van der Waals surface area contributed by atoms with E-state index in [2.05, 4.69) is 179 Å². The maximum Gasteiger partial charge on any atom is 0.235 e. The van der Waals surface area contributed by atoms with E-state index in [4.69, 9.17) is 9.97 Å². The Labute approximate surface area is 297 Å². The molecule has 0 saturated heterocycles. The Morgan fingerprint density at radius 2 is 0.962 bits per heavy atom. The van der Waals surface area contributed by atoms with E-state index in [9.17, 15) is 0 Å². The average Bonchev–Trinajstić information content (AvgIpc) is 3.84. The summed E-state index contributed by atoms with van der Waals surface area (Å²) in [6, 6.07) is 61.0.